The number of hydrogen-bond acceptors (Lipinski definition) is 3. The van der Waals surface area contributed by atoms with Gasteiger partial charge in [0.15, 0.2) is 0 Å². The molecule has 0 atom stereocenters. The lowest BCUT2D eigenvalue weighted by atomic mass is 10.1. The summed E-state index contributed by atoms with van der Waals surface area (Å²) >= 11 is 0. The molecule has 0 bridgehead atoms. The first-order valence-corrected chi connectivity index (χ1v) is 7.97. The van der Waals surface area contributed by atoms with Crippen molar-refractivity contribution in [3.8, 4) is 0 Å². The van der Waals surface area contributed by atoms with E-state index in [1.165, 1.54) is 0 Å². The van der Waals surface area contributed by atoms with Crippen LogP contribution in [0.15, 0.2) is 48.8 Å². The van der Waals surface area contributed by atoms with Gasteiger partial charge in [0.1, 0.15) is 0 Å². The zero-order valence-electron chi connectivity index (χ0n) is 13.9. The van der Waals surface area contributed by atoms with Gasteiger partial charge in [-0.3, -0.25) is 14.2 Å². The van der Waals surface area contributed by atoms with Crippen molar-refractivity contribution in [1.29, 1.82) is 0 Å². The Hall–Kier alpha value is -2.89. The van der Waals surface area contributed by atoms with E-state index in [1.54, 1.807) is 6.20 Å². The summed E-state index contributed by atoms with van der Waals surface area (Å²) in [5.41, 5.74) is 3.80. The Balaban J connectivity index is 1.57. The summed E-state index contributed by atoms with van der Waals surface area (Å²) in [5.74, 6) is -0.0705. The topological polar surface area (TPSA) is 64.7 Å². The van der Waals surface area contributed by atoms with Crippen LogP contribution in [-0.2, 0) is 13.1 Å². The van der Waals surface area contributed by atoms with E-state index in [2.05, 4.69) is 15.5 Å². The molecule has 0 aliphatic rings. The zero-order chi connectivity index (χ0) is 16.9. The highest BCUT2D eigenvalue weighted by atomic mass is 16.1. The minimum absolute atomic E-state index is 0.0705. The van der Waals surface area contributed by atoms with Gasteiger partial charge in [0.25, 0.3) is 5.91 Å². The van der Waals surface area contributed by atoms with Gasteiger partial charge in [0.05, 0.1) is 18.8 Å². The first kappa shape index (κ1) is 16.0. The van der Waals surface area contributed by atoms with Crippen molar-refractivity contribution < 1.29 is 4.79 Å². The number of nitrogens with zero attached hydrogens (tertiary/aromatic N) is 4. The molecule has 0 aliphatic carbocycles. The summed E-state index contributed by atoms with van der Waals surface area (Å²) < 4.78 is 3.74. The number of aryl methyl sites for hydroxylation is 2. The van der Waals surface area contributed by atoms with Crippen LogP contribution in [-0.4, -0.2) is 32.0 Å². The van der Waals surface area contributed by atoms with Gasteiger partial charge < -0.3 is 5.32 Å². The van der Waals surface area contributed by atoms with E-state index in [0.29, 0.717) is 25.2 Å². The van der Waals surface area contributed by atoms with Crippen LogP contribution in [0, 0.1) is 13.8 Å². The Kier molecular flexibility index (Phi) is 4.74. The molecule has 1 N–H and O–H groups in total. The van der Waals surface area contributed by atoms with Gasteiger partial charge in [-0.2, -0.15) is 10.2 Å². The molecule has 6 nitrogen and oxygen atoms in total. The lowest BCUT2D eigenvalue weighted by Gasteiger charge is -2.08. The number of hydrogen-bond donors (Lipinski definition) is 1. The second kappa shape index (κ2) is 7.12. The summed E-state index contributed by atoms with van der Waals surface area (Å²) in [4.78, 5) is 12.3. The molecule has 6 heteroatoms. The molecule has 0 radical (unpaired) electrons. The van der Waals surface area contributed by atoms with E-state index >= 15 is 0 Å². The smallest absolute Gasteiger partial charge is 0.251 e. The number of carbonyl (C=O) groups excluding carboxylic acids is 1. The van der Waals surface area contributed by atoms with Gasteiger partial charge in [-0.25, -0.2) is 0 Å². The maximum atomic E-state index is 12.3. The Labute approximate surface area is 141 Å². The highest BCUT2D eigenvalue weighted by Crippen LogP contribution is 2.07. The van der Waals surface area contributed by atoms with E-state index in [0.717, 1.165) is 17.0 Å². The molecule has 1 amide bonds. The normalized spacial score (nSPS) is 10.8. The number of aromatic nitrogens is 4. The lowest BCUT2D eigenvalue weighted by molar-refractivity contribution is 0.0951. The van der Waals surface area contributed by atoms with E-state index in [9.17, 15) is 4.79 Å². The van der Waals surface area contributed by atoms with E-state index in [-0.39, 0.29) is 5.91 Å². The molecule has 0 saturated heterocycles. The first-order valence-electron chi connectivity index (χ1n) is 7.97. The average Bonchev–Trinajstić information content (AvgIpc) is 3.17. The number of amides is 1. The van der Waals surface area contributed by atoms with Gasteiger partial charge in [0, 0.05) is 30.2 Å². The van der Waals surface area contributed by atoms with Gasteiger partial charge in [-0.1, -0.05) is 12.1 Å². The number of carbonyl (C=O) groups is 1. The van der Waals surface area contributed by atoms with Crippen molar-refractivity contribution >= 4 is 5.91 Å². The Morgan fingerprint density at radius 1 is 1.21 bits per heavy atom. The summed E-state index contributed by atoms with van der Waals surface area (Å²) in [6.07, 6.45) is 3.65. The fourth-order valence-electron chi connectivity index (χ4n) is 2.67. The number of benzene rings is 1. The maximum absolute atomic E-state index is 12.3. The SMILES string of the molecule is Cc1cc(C)n(CCNC(=O)c2cccc(Cn3cccn3)c2)n1. The fraction of sp³-hybridized carbons (Fsp3) is 0.278. The second-order valence-electron chi connectivity index (χ2n) is 5.81. The van der Waals surface area contributed by atoms with Crippen LogP contribution in [0.4, 0.5) is 0 Å². The average molecular weight is 323 g/mol. The molecule has 2 heterocycles. The van der Waals surface area contributed by atoms with Crippen LogP contribution in [0.1, 0.15) is 27.3 Å². The standard InChI is InChI=1S/C18H21N5O/c1-14-11-15(2)23(21-14)10-8-19-18(24)17-6-3-5-16(12-17)13-22-9-4-7-20-22/h3-7,9,11-12H,8,10,13H2,1-2H3,(H,19,24). The molecular formula is C18H21N5O. The molecule has 124 valence electrons. The van der Waals surface area contributed by atoms with Crippen molar-refractivity contribution in [3.05, 3.63) is 71.3 Å². The highest BCUT2D eigenvalue weighted by Gasteiger charge is 2.07. The van der Waals surface area contributed by atoms with Crippen LogP contribution in [0.3, 0.4) is 0 Å². The highest BCUT2D eigenvalue weighted by molar-refractivity contribution is 5.94. The van der Waals surface area contributed by atoms with Gasteiger partial charge in [-0.15, -0.1) is 0 Å². The van der Waals surface area contributed by atoms with Gasteiger partial charge in [-0.05, 0) is 43.7 Å². The van der Waals surface area contributed by atoms with Gasteiger partial charge >= 0.3 is 0 Å². The minimum Gasteiger partial charge on any atom is -0.350 e. The van der Waals surface area contributed by atoms with Gasteiger partial charge in [0.2, 0.25) is 0 Å². The fourth-order valence-corrected chi connectivity index (χ4v) is 2.67. The van der Waals surface area contributed by atoms with E-state index < -0.39 is 0 Å². The summed E-state index contributed by atoms with van der Waals surface area (Å²) in [6.45, 7) is 5.84. The minimum atomic E-state index is -0.0705. The van der Waals surface area contributed by atoms with Crippen molar-refractivity contribution in [3.63, 3.8) is 0 Å². The quantitative estimate of drug-likeness (QED) is 0.756. The summed E-state index contributed by atoms with van der Waals surface area (Å²) in [7, 11) is 0. The monoisotopic (exact) mass is 323 g/mol. The number of nitrogens with one attached hydrogen (secondary N) is 1. The molecule has 0 saturated carbocycles. The van der Waals surface area contributed by atoms with Crippen LogP contribution >= 0.6 is 0 Å². The molecule has 3 rings (SSSR count). The predicted octanol–water partition coefficient (Wildman–Crippen LogP) is 2.17. The second-order valence-corrected chi connectivity index (χ2v) is 5.81. The van der Waals surface area contributed by atoms with Crippen LogP contribution in [0.2, 0.25) is 0 Å². The summed E-state index contributed by atoms with van der Waals surface area (Å²) in [6, 6.07) is 11.5. The zero-order valence-corrected chi connectivity index (χ0v) is 13.9. The van der Waals surface area contributed by atoms with Crippen molar-refractivity contribution in [2.75, 3.05) is 6.54 Å². The summed E-state index contributed by atoms with van der Waals surface area (Å²) in [5, 5.41) is 11.5. The lowest BCUT2D eigenvalue weighted by Crippen LogP contribution is -2.27. The molecular weight excluding hydrogens is 302 g/mol. The van der Waals surface area contributed by atoms with E-state index in [4.69, 9.17) is 0 Å². The largest absolute Gasteiger partial charge is 0.350 e. The van der Waals surface area contributed by atoms with E-state index in [1.807, 2.05) is 65.8 Å². The predicted molar refractivity (Wildman–Crippen MR) is 91.8 cm³/mol. The molecule has 0 unspecified atom stereocenters. The Bertz CT molecular complexity index is 820. The number of rotatable bonds is 6. The molecule has 0 spiro atoms. The molecule has 24 heavy (non-hydrogen) atoms. The Morgan fingerprint density at radius 3 is 2.79 bits per heavy atom. The third-order valence-electron chi connectivity index (χ3n) is 3.81. The van der Waals surface area contributed by atoms with Crippen molar-refractivity contribution in [2.24, 2.45) is 0 Å². The van der Waals surface area contributed by atoms with Crippen molar-refractivity contribution in [2.45, 2.75) is 26.9 Å². The molecule has 3 aromatic rings. The van der Waals surface area contributed by atoms with Crippen LogP contribution in [0.25, 0.3) is 0 Å². The molecule has 0 fully saturated rings. The first-order chi connectivity index (χ1) is 11.6. The molecule has 2 aromatic heterocycles. The third kappa shape index (κ3) is 3.90. The third-order valence-corrected chi connectivity index (χ3v) is 3.81. The Morgan fingerprint density at radius 2 is 2.08 bits per heavy atom. The van der Waals surface area contributed by atoms with Crippen molar-refractivity contribution in [1.82, 2.24) is 24.9 Å². The van der Waals surface area contributed by atoms with Crippen LogP contribution in [0.5, 0.6) is 0 Å². The maximum Gasteiger partial charge on any atom is 0.251 e. The molecule has 1 aromatic carbocycles. The molecule has 0 aliphatic heterocycles. The van der Waals surface area contributed by atoms with Crippen LogP contribution < -0.4 is 5.32 Å².